The third-order valence-electron chi connectivity index (χ3n) is 6.36. The third-order valence-corrected chi connectivity index (χ3v) is 6.36. The topological polar surface area (TPSA) is 84.4 Å². The SMILES string of the molecule is Cc1ccccc1N1CCN(CC(O)COC2=CC3C=Nc4c([nH]ccc4=O)N3C2)CC1. The molecule has 0 aliphatic carbocycles. The van der Waals surface area contributed by atoms with Crippen molar-refractivity contribution in [2.75, 3.05) is 55.7 Å². The molecule has 32 heavy (non-hydrogen) atoms. The molecule has 1 saturated heterocycles. The molecule has 0 spiro atoms. The number of pyridine rings is 1. The molecule has 0 amide bonds. The molecule has 8 nitrogen and oxygen atoms in total. The number of anilines is 2. The number of aromatic amines is 1. The number of fused-ring (bicyclic) bond motifs is 3. The fourth-order valence-corrected chi connectivity index (χ4v) is 4.65. The van der Waals surface area contributed by atoms with Crippen molar-refractivity contribution in [2.45, 2.75) is 19.1 Å². The number of hydrogen-bond donors (Lipinski definition) is 2. The van der Waals surface area contributed by atoms with Crippen molar-refractivity contribution in [3.8, 4) is 0 Å². The molecular formula is C24H29N5O3. The van der Waals surface area contributed by atoms with E-state index >= 15 is 0 Å². The van der Waals surface area contributed by atoms with Crippen molar-refractivity contribution in [2.24, 2.45) is 4.99 Å². The van der Waals surface area contributed by atoms with Crippen molar-refractivity contribution in [1.29, 1.82) is 0 Å². The number of aliphatic hydroxyl groups excluding tert-OH is 1. The number of hydrogen-bond acceptors (Lipinski definition) is 7. The second kappa shape index (κ2) is 8.80. The van der Waals surface area contributed by atoms with Gasteiger partial charge in [-0.1, -0.05) is 18.2 Å². The predicted octanol–water partition coefficient (Wildman–Crippen LogP) is 1.67. The number of aromatic nitrogens is 1. The lowest BCUT2D eigenvalue weighted by atomic mass is 10.1. The van der Waals surface area contributed by atoms with Gasteiger partial charge in [-0.15, -0.1) is 0 Å². The molecule has 1 aromatic heterocycles. The summed E-state index contributed by atoms with van der Waals surface area (Å²) in [6, 6.07) is 9.92. The molecule has 0 saturated carbocycles. The first kappa shape index (κ1) is 20.8. The first-order valence-corrected chi connectivity index (χ1v) is 11.2. The predicted molar refractivity (Wildman–Crippen MR) is 126 cm³/mol. The third kappa shape index (κ3) is 4.16. The molecule has 2 N–H and O–H groups in total. The lowest BCUT2D eigenvalue weighted by Crippen LogP contribution is -2.49. The zero-order valence-corrected chi connectivity index (χ0v) is 18.3. The van der Waals surface area contributed by atoms with E-state index in [1.54, 1.807) is 12.4 Å². The zero-order valence-electron chi connectivity index (χ0n) is 18.3. The molecule has 0 bridgehead atoms. The van der Waals surface area contributed by atoms with Crippen LogP contribution in [0.1, 0.15) is 5.56 Å². The highest BCUT2D eigenvalue weighted by Crippen LogP contribution is 2.32. The molecule has 168 valence electrons. The van der Waals surface area contributed by atoms with E-state index in [9.17, 15) is 9.90 Å². The standard InChI is InChI=1S/C24H29N5O3/c1-17-4-2-3-5-21(17)28-10-8-27(9-11-28)14-19(30)16-32-20-12-18-13-26-23-22(31)6-7-25-24(23)29(18)15-20/h2-7,12-13,18-19,30H,8-11,14-16H2,1H3,(H,25,31). The van der Waals surface area contributed by atoms with E-state index in [0.717, 1.165) is 31.9 Å². The van der Waals surface area contributed by atoms with E-state index in [2.05, 4.69) is 55.9 Å². The summed E-state index contributed by atoms with van der Waals surface area (Å²) in [6.07, 6.45) is 4.84. The van der Waals surface area contributed by atoms with Crippen molar-refractivity contribution < 1.29 is 9.84 Å². The summed E-state index contributed by atoms with van der Waals surface area (Å²) in [5.74, 6) is 1.51. The molecule has 2 unspecified atom stereocenters. The lowest BCUT2D eigenvalue weighted by Gasteiger charge is -2.37. The van der Waals surface area contributed by atoms with E-state index in [4.69, 9.17) is 4.74 Å². The van der Waals surface area contributed by atoms with Gasteiger partial charge in [0, 0.05) is 56.9 Å². The molecule has 3 aliphatic heterocycles. The molecule has 2 aromatic rings. The molecule has 4 heterocycles. The Hall–Kier alpha value is -3.10. The lowest BCUT2D eigenvalue weighted by molar-refractivity contribution is 0.0416. The minimum Gasteiger partial charge on any atom is -0.494 e. The number of aryl methyl sites for hydroxylation is 1. The van der Waals surface area contributed by atoms with E-state index in [0.29, 0.717) is 24.6 Å². The van der Waals surface area contributed by atoms with Crippen molar-refractivity contribution in [3.63, 3.8) is 0 Å². The Kier molecular flexibility index (Phi) is 5.71. The largest absolute Gasteiger partial charge is 0.494 e. The van der Waals surface area contributed by atoms with Crippen LogP contribution in [0.4, 0.5) is 17.2 Å². The van der Waals surface area contributed by atoms with Crippen LogP contribution >= 0.6 is 0 Å². The van der Waals surface area contributed by atoms with Gasteiger partial charge in [0.2, 0.25) is 5.43 Å². The van der Waals surface area contributed by atoms with E-state index in [1.165, 1.54) is 17.3 Å². The minimum absolute atomic E-state index is 0.0396. The minimum atomic E-state index is -0.556. The molecule has 8 heteroatoms. The highest BCUT2D eigenvalue weighted by atomic mass is 16.5. The summed E-state index contributed by atoms with van der Waals surface area (Å²) < 4.78 is 5.93. The normalized spacial score (nSPS) is 21.2. The Morgan fingerprint density at radius 3 is 2.84 bits per heavy atom. The monoisotopic (exact) mass is 435 g/mol. The fourth-order valence-electron chi connectivity index (χ4n) is 4.65. The summed E-state index contributed by atoms with van der Waals surface area (Å²) in [4.78, 5) is 26.2. The summed E-state index contributed by atoms with van der Waals surface area (Å²) >= 11 is 0. The van der Waals surface area contributed by atoms with Crippen LogP contribution in [0.25, 0.3) is 0 Å². The molecule has 2 atom stereocenters. The Bertz CT molecular complexity index is 1090. The van der Waals surface area contributed by atoms with Crippen molar-refractivity contribution in [1.82, 2.24) is 9.88 Å². The smallest absolute Gasteiger partial charge is 0.209 e. The number of aliphatic hydroxyl groups is 1. The molecule has 3 aliphatic rings. The van der Waals surface area contributed by atoms with E-state index in [1.807, 2.05) is 6.08 Å². The Morgan fingerprint density at radius 1 is 1.22 bits per heavy atom. The zero-order chi connectivity index (χ0) is 22.1. The van der Waals surface area contributed by atoms with Gasteiger partial charge < -0.3 is 24.6 Å². The summed E-state index contributed by atoms with van der Waals surface area (Å²) in [6.45, 7) is 7.30. The van der Waals surface area contributed by atoms with Crippen LogP contribution in [0.15, 0.2) is 58.2 Å². The van der Waals surface area contributed by atoms with Crippen LogP contribution in [-0.4, -0.2) is 79.2 Å². The number of rotatable bonds is 6. The Labute approximate surface area is 187 Å². The molecule has 1 fully saturated rings. The fraction of sp³-hybridized carbons (Fsp3) is 0.417. The number of β-amino-alcohol motifs (C(OH)–C–C–N with tert-alkyl or cyclic N) is 1. The van der Waals surface area contributed by atoms with Gasteiger partial charge in [-0.2, -0.15) is 0 Å². The molecular weight excluding hydrogens is 406 g/mol. The maximum atomic E-state index is 12.0. The van der Waals surface area contributed by atoms with Crippen LogP contribution in [0.5, 0.6) is 0 Å². The van der Waals surface area contributed by atoms with Crippen LogP contribution in [0.2, 0.25) is 0 Å². The van der Waals surface area contributed by atoms with Gasteiger partial charge in [-0.25, -0.2) is 0 Å². The van der Waals surface area contributed by atoms with Gasteiger partial charge in [0.15, 0.2) is 5.69 Å². The average molecular weight is 436 g/mol. The van der Waals surface area contributed by atoms with Crippen molar-refractivity contribution in [3.05, 3.63) is 64.2 Å². The molecule has 5 rings (SSSR count). The van der Waals surface area contributed by atoms with Crippen LogP contribution in [-0.2, 0) is 4.74 Å². The van der Waals surface area contributed by atoms with Crippen LogP contribution in [0.3, 0.4) is 0 Å². The number of nitrogens with one attached hydrogen (secondary N) is 1. The van der Waals surface area contributed by atoms with E-state index < -0.39 is 6.10 Å². The van der Waals surface area contributed by atoms with Gasteiger partial charge >= 0.3 is 0 Å². The number of aliphatic imine (C=N–C) groups is 1. The summed E-state index contributed by atoms with van der Waals surface area (Å²) in [5.41, 5.74) is 2.93. The number of para-hydroxylation sites is 1. The number of ether oxygens (including phenoxy) is 1. The van der Waals surface area contributed by atoms with Gasteiger partial charge in [-0.05, 0) is 24.6 Å². The highest BCUT2D eigenvalue weighted by Gasteiger charge is 2.31. The van der Waals surface area contributed by atoms with Gasteiger partial charge in [0.1, 0.15) is 24.3 Å². The number of benzene rings is 1. The highest BCUT2D eigenvalue weighted by molar-refractivity contribution is 5.85. The maximum Gasteiger partial charge on any atom is 0.209 e. The first-order valence-electron chi connectivity index (χ1n) is 11.2. The average Bonchev–Trinajstić information content (AvgIpc) is 3.23. The molecule has 0 radical (unpaired) electrons. The van der Waals surface area contributed by atoms with Gasteiger partial charge in [0.25, 0.3) is 0 Å². The van der Waals surface area contributed by atoms with Crippen molar-refractivity contribution >= 4 is 23.4 Å². The molecule has 1 aromatic carbocycles. The second-order valence-corrected chi connectivity index (χ2v) is 8.61. The summed E-state index contributed by atoms with van der Waals surface area (Å²) in [7, 11) is 0. The number of nitrogens with zero attached hydrogens (tertiary/aromatic N) is 4. The first-order chi connectivity index (χ1) is 15.6. The quantitative estimate of drug-likeness (QED) is 0.718. The Balaban J connectivity index is 1.10. The Morgan fingerprint density at radius 2 is 2.03 bits per heavy atom. The second-order valence-electron chi connectivity index (χ2n) is 8.61. The number of piperazine rings is 1. The van der Waals surface area contributed by atoms with E-state index in [-0.39, 0.29) is 18.1 Å². The van der Waals surface area contributed by atoms with Gasteiger partial charge in [-0.3, -0.25) is 14.7 Å². The maximum absolute atomic E-state index is 12.0. The van der Waals surface area contributed by atoms with Crippen LogP contribution < -0.4 is 15.2 Å². The number of H-pyrrole nitrogens is 1. The van der Waals surface area contributed by atoms with Gasteiger partial charge in [0.05, 0.1) is 12.6 Å². The van der Waals surface area contributed by atoms with Crippen LogP contribution in [0, 0.1) is 6.92 Å². The summed E-state index contributed by atoms with van der Waals surface area (Å²) in [5, 5.41) is 10.5.